The van der Waals surface area contributed by atoms with Crippen molar-refractivity contribution in [1.29, 1.82) is 0 Å². The molecule has 0 bridgehead atoms. The molecule has 2 heterocycles. The molecule has 0 radical (unpaired) electrons. The second-order valence-electron chi connectivity index (χ2n) is 11.4. The van der Waals surface area contributed by atoms with Crippen LogP contribution in [0.4, 0.5) is 13.2 Å². The molecule has 1 amide bonds. The number of halogens is 3. The minimum Gasteiger partial charge on any atom is -0.497 e. The first kappa shape index (κ1) is 36.3. The zero-order valence-electron chi connectivity index (χ0n) is 26.3. The number of carbonyl (C=O) groups is 2. The van der Waals surface area contributed by atoms with Crippen LogP contribution in [0.2, 0.25) is 0 Å². The van der Waals surface area contributed by atoms with Gasteiger partial charge in [0.05, 0.1) is 18.6 Å². The lowest BCUT2D eigenvalue weighted by atomic mass is 10.1. The summed E-state index contributed by atoms with van der Waals surface area (Å²) >= 11 is 0. The normalized spacial score (nSPS) is 16.1. The number of rotatable bonds is 12. The summed E-state index contributed by atoms with van der Waals surface area (Å²) < 4.78 is 71.6. The number of hydrogen-bond donors (Lipinski definition) is 1. The second-order valence-corrected chi connectivity index (χ2v) is 13.3. The predicted molar refractivity (Wildman–Crippen MR) is 159 cm³/mol. The number of methoxy groups -OCH3 is 1. The van der Waals surface area contributed by atoms with E-state index < -0.39 is 22.2 Å². The van der Waals surface area contributed by atoms with E-state index in [0.717, 1.165) is 45.4 Å². The van der Waals surface area contributed by atoms with Gasteiger partial charge in [0.25, 0.3) is 5.91 Å². The molecular weight excluding hydrogens is 619 g/mol. The maximum absolute atomic E-state index is 13.7. The zero-order chi connectivity index (χ0) is 33.5. The second kappa shape index (κ2) is 15.4. The molecule has 252 valence electrons. The number of nitrogens with zero attached hydrogens (tertiary/aromatic N) is 5. The van der Waals surface area contributed by atoms with Crippen LogP contribution in [0, 0.1) is 13.8 Å². The van der Waals surface area contributed by atoms with Crippen LogP contribution in [-0.4, -0.2) is 122 Å². The SMILES string of the molecule is COc1cc(C)c(S(=O)(=O)N(Cc2nc(C(=O)N3CCN(CCCCN(C)C)CC3)co2)C2CC2)c(C)c1.O=C(O)C(F)(F)F. The van der Waals surface area contributed by atoms with Crippen LogP contribution in [-0.2, 0) is 21.4 Å². The van der Waals surface area contributed by atoms with Crippen molar-refractivity contribution in [3.8, 4) is 5.75 Å². The van der Waals surface area contributed by atoms with Crippen molar-refractivity contribution < 1.29 is 45.4 Å². The Kier molecular flexibility index (Phi) is 12.4. The van der Waals surface area contributed by atoms with Crippen LogP contribution in [0.5, 0.6) is 5.75 Å². The third-order valence-electron chi connectivity index (χ3n) is 7.48. The Bertz CT molecular complexity index is 1400. The number of aliphatic carboxylic acids is 1. The quantitative estimate of drug-likeness (QED) is 0.337. The van der Waals surface area contributed by atoms with Gasteiger partial charge in [0.1, 0.15) is 12.0 Å². The molecule has 2 aliphatic rings. The van der Waals surface area contributed by atoms with Crippen molar-refractivity contribution in [3.05, 3.63) is 41.1 Å². The van der Waals surface area contributed by atoms with Gasteiger partial charge in [0.2, 0.25) is 15.9 Å². The van der Waals surface area contributed by atoms with Gasteiger partial charge in [-0.1, -0.05) is 0 Å². The zero-order valence-corrected chi connectivity index (χ0v) is 27.1. The van der Waals surface area contributed by atoms with Crippen LogP contribution in [0.1, 0.15) is 53.2 Å². The molecular formula is C29H42F3N5O7S. The fourth-order valence-corrected chi connectivity index (χ4v) is 7.09. The molecule has 1 saturated heterocycles. The van der Waals surface area contributed by atoms with E-state index in [0.29, 0.717) is 30.0 Å². The van der Waals surface area contributed by atoms with Crippen LogP contribution < -0.4 is 4.74 Å². The van der Waals surface area contributed by atoms with Crippen molar-refractivity contribution in [2.75, 3.05) is 60.5 Å². The first-order chi connectivity index (χ1) is 21.0. The highest BCUT2D eigenvalue weighted by molar-refractivity contribution is 7.89. The molecule has 0 unspecified atom stereocenters. The highest BCUT2D eigenvalue weighted by atomic mass is 32.2. The van der Waals surface area contributed by atoms with Gasteiger partial charge in [-0.2, -0.15) is 17.5 Å². The molecule has 1 N–H and O–H groups in total. The Balaban J connectivity index is 0.000000707. The Morgan fingerprint density at radius 3 is 2.16 bits per heavy atom. The minimum absolute atomic E-state index is 0.00802. The van der Waals surface area contributed by atoms with E-state index in [2.05, 4.69) is 28.9 Å². The van der Waals surface area contributed by atoms with Gasteiger partial charge in [-0.05, 0) is 90.0 Å². The molecule has 16 heteroatoms. The Labute approximate surface area is 261 Å². The third-order valence-corrected chi connectivity index (χ3v) is 9.69. The molecule has 1 aromatic carbocycles. The average Bonchev–Trinajstić information content (AvgIpc) is 3.69. The topological polar surface area (TPSA) is 137 Å². The number of carboxylic acids is 1. The smallest absolute Gasteiger partial charge is 0.490 e. The molecule has 2 aromatic rings. The van der Waals surface area contributed by atoms with Gasteiger partial charge in [-0.25, -0.2) is 18.2 Å². The lowest BCUT2D eigenvalue weighted by molar-refractivity contribution is -0.192. The number of piperazine rings is 1. The number of amides is 1. The number of carbonyl (C=O) groups excluding carboxylic acids is 1. The number of hydrogen-bond acceptors (Lipinski definition) is 9. The summed E-state index contributed by atoms with van der Waals surface area (Å²) in [6.45, 7) is 8.65. The molecule has 4 rings (SSSR count). The van der Waals surface area contributed by atoms with E-state index in [1.165, 1.54) is 17.0 Å². The summed E-state index contributed by atoms with van der Waals surface area (Å²) in [4.78, 5) is 33.1. The van der Waals surface area contributed by atoms with Gasteiger partial charge in [0, 0.05) is 32.2 Å². The molecule has 45 heavy (non-hydrogen) atoms. The minimum atomic E-state index is -5.08. The molecule has 1 aliphatic carbocycles. The molecule has 0 atom stereocenters. The van der Waals surface area contributed by atoms with Crippen LogP contribution >= 0.6 is 0 Å². The first-order valence-electron chi connectivity index (χ1n) is 14.6. The van der Waals surface area contributed by atoms with E-state index in [-0.39, 0.29) is 35.0 Å². The van der Waals surface area contributed by atoms with E-state index in [9.17, 15) is 26.4 Å². The molecule has 1 aromatic heterocycles. The van der Waals surface area contributed by atoms with E-state index in [4.69, 9.17) is 19.1 Å². The number of aromatic nitrogens is 1. The van der Waals surface area contributed by atoms with Crippen LogP contribution in [0.15, 0.2) is 27.7 Å². The van der Waals surface area contributed by atoms with Crippen molar-refractivity contribution in [3.63, 3.8) is 0 Å². The van der Waals surface area contributed by atoms with Crippen LogP contribution in [0.3, 0.4) is 0 Å². The number of oxazole rings is 1. The fourth-order valence-electron chi connectivity index (χ4n) is 5.04. The number of unbranched alkanes of at least 4 members (excludes halogenated alkanes) is 1. The van der Waals surface area contributed by atoms with E-state index in [1.807, 2.05) is 0 Å². The van der Waals surface area contributed by atoms with Gasteiger partial charge in [-0.15, -0.1) is 0 Å². The van der Waals surface area contributed by atoms with Crippen LogP contribution in [0.25, 0.3) is 0 Å². The monoisotopic (exact) mass is 661 g/mol. The van der Waals surface area contributed by atoms with Crippen molar-refractivity contribution in [1.82, 2.24) is 24.0 Å². The molecule has 2 fully saturated rings. The molecule has 1 aliphatic heterocycles. The first-order valence-corrected chi connectivity index (χ1v) is 16.1. The molecule has 12 nitrogen and oxygen atoms in total. The Hall–Kier alpha value is -3.21. The van der Waals surface area contributed by atoms with Crippen molar-refractivity contribution in [2.45, 2.75) is 63.2 Å². The van der Waals surface area contributed by atoms with Crippen molar-refractivity contribution in [2.24, 2.45) is 0 Å². The molecule has 1 saturated carbocycles. The standard InChI is InChI=1S/C27H41N5O5S.C2HF3O2/c1-20-16-23(36-5)17-21(2)26(20)38(34,35)32(22-8-9-22)18-25-28-24(19-37-25)27(33)31-14-12-30(13-15-31)11-7-6-10-29(3)4;3-2(4,5)1(6)7/h16-17,19,22H,6-15,18H2,1-5H3;(H,6,7). The number of alkyl halides is 3. The number of benzene rings is 1. The van der Waals surface area contributed by atoms with E-state index in [1.54, 1.807) is 38.0 Å². The summed E-state index contributed by atoms with van der Waals surface area (Å²) in [5.74, 6) is -2.08. The maximum Gasteiger partial charge on any atom is 0.490 e. The summed E-state index contributed by atoms with van der Waals surface area (Å²) in [5.41, 5.74) is 1.49. The number of ether oxygens (including phenoxy) is 1. The third kappa shape index (κ3) is 10.1. The number of carboxylic acid groups (broad SMARTS) is 1. The maximum atomic E-state index is 13.7. The van der Waals surface area contributed by atoms with Gasteiger partial charge in [-0.3, -0.25) is 9.69 Å². The lowest BCUT2D eigenvalue weighted by Crippen LogP contribution is -2.49. The summed E-state index contributed by atoms with van der Waals surface area (Å²) in [6.07, 6.45) is 0.166. The predicted octanol–water partition coefficient (Wildman–Crippen LogP) is 3.39. The Morgan fingerprint density at radius 1 is 1.09 bits per heavy atom. The summed E-state index contributed by atoms with van der Waals surface area (Å²) in [6, 6.07) is 3.37. The Morgan fingerprint density at radius 2 is 1.67 bits per heavy atom. The molecule has 0 spiro atoms. The average molecular weight is 662 g/mol. The highest BCUT2D eigenvalue weighted by Gasteiger charge is 2.41. The van der Waals surface area contributed by atoms with Gasteiger partial charge >= 0.3 is 12.1 Å². The lowest BCUT2D eigenvalue weighted by Gasteiger charge is -2.34. The summed E-state index contributed by atoms with van der Waals surface area (Å²) in [5, 5.41) is 7.12. The van der Waals surface area contributed by atoms with Gasteiger partial charge in [0.15, 0.2) is 5.69 Å². The fraction of sp³-hybridized carbons (Fsp3) is 0.621. The highest BCUT2D eigenvalue weighted by Crippen LogP contribution is 2.36. The number of sulfonamides is 1. The van der Waals surface area contributed by atoms with Crippen molar-refractivity contribution >= 4 is 21.9 Å². The number of aryl methyl sites for hydroxylation is 2. The summed E-state index contributed by atoms with van der Waals surface area (Å²) in [7, 11) is 1.94. The largest absolute Gasteiger partial charge is 0.497 e. The van der Waals surface area contributed by atoms with E-state index >= 15 is 0 Å². The van der Waals surface area contributed by atoms with Gasteiger partial charge < -0.3 is 24.1 Å².